The number of hydrogen-bond acceptors (Lipinski definition) is 8. The molecule has 0 aliphatic heterocycles. The van der Waals surface area contributed by atoms with E-state index < -0.39 is 35.8 Å². The Morgan fingerprint density at radius 1 is 0.571 bits per heavy atom. The smallest absolute Gasteiger partial charge is 0.361 e. The highest BCUT2D eigenvalue weighted by molar-refractivity contribution is 7.86. The lowest BCUT2D eigenvalue weighted by atomic mass is 9.94. The van der Waals surface area contributed by atoms with E-state index in [1.807, 2.05) is 0 Å². The summed E-state index contributed by atoms with van der Waals surface area (Å²) in [5.41, 5.74) is 0.950. The second-order valence-corrected chi connectivity index (χ2v) is 10.8. The summed E-state index contributed by atoms with van der Waals surface area (Å²) in [6, 6.07) is 15.7. The molecule has 0 unspecified atom stereocenters. The molecule has 0 aliphatic carbocycles. The van der Waals surface area contributed by atoms with Gasteiger partial charge in [-0.1, -0.05) is 48.5 Å². The van der Waals surface area contributed by atoms with Crippen LogP contribution < -0.4 is 8.37 Å². The van der Waals surface area contributed by atoms with E-state index in [0.717, 1.165) is 12.1 Å². The summed E-state index contributed by atoms with van der Waals surface area (Å²) >= 11 is 0. The van der Waals surface area contributed by atoms with Crippen LogP contribution >= 0.6 is 0 Å². The van der Waals surface area contributed by atoms with E-state index in [1.165, 1.54) is 24.3 Å². The fourth-order valence-corrected chi connectivity index (χ4v) is 5.29. The third-order valence-electron chi connectivity index (χ3n) is 5.07. The fourth-order valence-electron chi connectivity index (χ4n) is 3.87. The van der Waals surface area contributed by atoms with Crippen molar-refractivity contribution in [3.63, 3.8) is 0 Å². The highest BCUT2D eigenvalue weighted by atomic mass is 32.3. The molecule has 0 radical (unpaired) electrons. The van der Waals surface area contributed by atoms with Gasteiger partial charge in [-0.25, -0.2) is 0 Å². The van der Waals surface area contributed by atoms with E-state index in [0.29, 0.717) is 21.9 Å². The third-order valence-corrected chi connectivity index (χ3v) is 6.76. The molecular formula is C21H16O11S3. The van der Waals surface area contributed by atoms with Gasteiger partial charge in [0.2, 0.25) is 0 Å². The highest BCUT2D eigenvalue weighted by Crippen LogP contribution is 2.37. The van der Waals surface area contributed by atoms with Gasteiger partial charge < -0.3 is 8.37 Å². The molecule has 0 fully saturated rings. The van der Waals surface area contributed by atoms with Gasteiger partial charge in [-0.3, -0.25) is 13.7 Å². The lowest BCUT2D eigenvalue weighted by Gasteiger charge is -2.15. The first kappa shape index (κ1) is 24.8. The van der Waals surface area contributed by atoms with Gasteiger partial charge in [0.05, 0.1) is 0 Å². The van der Waals surface area contributed by atoms with Crippen LogP contribution in [0, 0.1) is 0 Å². The van der Waals surface area contributed by atoms with Crippen LogP contribution in [0.1, 0.15) is 11.1 Å². The second kappa shape index (κ2) is 8.75. The Morgan fingerprint density at radius 2 is 1.11 bits per heavy atom. The summed E-state index contributed by atoms with van der Waals surface area (Å²) < 4.78 is 106. The Bertz CT molecular complexity index is 1790. The Kier molecular flexibility index (Phi) is 6.21. The van der Waals surface area contributed by atoms with Gasteiger partial charge in [0.15, 0.2) is 11.5 Å². The molecule has 0 aliphatic rings. The van der Waals surface area contributed by atoms with Crippen LogP contribution in [0.5, 0.6) is 11.5 Å². The average molecular weight is 541 g/mol. The Labute approximate surface area is 200 Å². The second-order valence-electron chi connectivity index (χ2n) is 7.34. The van der Waals surface area contributed by atoms with Crippen LogP contribution in [0.2, 0.25) is 0 Å². The Hall–Kier alpha value is -3.27. The summed E-state index contributed by atoms with van der Waals surface area (Å²) in [4.78, 5) is -0.501. The first-order valence-electron chi connectivity index (χ1n) is 9.59. The number of benzene rings is 4. The highest BCUT2D eigenvalue weighted by Gasteiger charge is 2.21. The van der Waals surface area contributed by atoms with Crippen LogP contribution in [0.3, 0.4) is 0 Å². The molecule has 14 heteroatoms. The van der Waals surface area contributed by atoms with Crippen molar-refractivity contribution in [3.8, 4) is 11.5 Å². The van der Waals surface area contributed by atoms with Gasteiger partial charge in [0, 0.05) is 16.2 Å². The predicted octanol–water partition coefficient (Wildman–Crippen LogP) is 3.19. The molecule has 0 spiro atoms. The molecule has 0 bridgehead atoms. The Balaban J connectivity index is 1.96. The molecule has 0 amide bonds. The summed E-state index contributed by atoms with van der Waals surface area (Å²) in [7, 11) is -14.5. The van der Waals surface area contributed by atoms with Crippen LogP contribution in [-0.2, 0) is 37.3 Å². The van der Waals surface area contributed by atoms with Crippen molar-refractivity contribution in [1.82, 2.24) is 0 Å². The number of fused-ring (bicyclic) bond motifs is 2. The number of rotatable bonds is 7. The Morgan fingerprint density at radius 3 is 1.74 bits per heavy atom. The largest absolute Gasteiger partial charge is 0.446 e. The minimum absolute atomic E-state index is 0.00240. The molecule has 0 aromatic heterocycles. The summed E-state index contributed by atoms with van der Waals surface area (Å²) in [6.07, 6.45) is 0.0563. The molecule has 0 heterocycles. The van der Waals surface area contributed by atoms with Crippen molar-refractivity contribution in [1.29, 1.82) is 0 Å². The number of hydrogen-bond donors (Lipinski definition) is 3. The molecule has 0 saturated carbocycles. The third kappa shape index (κ3) is 5.53. The van der Waals surface area contributed by atoms with Gasteiger partial charge in [-0.2, -0.15) is 25.3 Å². The molecule has 35 heavy (non-hydrogen) atoms. The van der Waals surface area contributed by atoms with Crippen LogP contribution in [0.25, 0.3) is 21.5 Å². The zero-order chi connectivity index (χ0) is 25.6. The average Bonchev–Trinajstić information content (AvgIpc) is 2.71. The van der Waals surface area contributed by atoms with Gasteiger partial charge in [0.1, 0.15) is 4.90 Å². The standard InChI is InChI=1S/C21H16O11S3/c22-33(23,24)20-11-10-19(32-35(28,29)30)21-14(5-2-8-17(20)21)12-13-4-1-7-16-15(13)6-3-9-18(16)31-34(25,26)27/h1-11H,12H2,(H,22,23,24)(H,25,26,27)(H,28,29,30). The van der Waals surface area contributed by atoms with Gasteiger partial charge in [-0.15, -0.1) is 0 Å². The molecule has 0 atom stereocenters. The molecule has 3 N–H and O–H groups in total. The lowest BCUT2D eigenvalue weighted by molar-refractivity contribution is 0.386. The molecule has 184 valence electrons. The van der Waals surface area contributed by atoms with Crippen LogP contribution in [-0.4, -0.2) is 38.9 Å². The molecule has 11 nitrogen and oxygen atoms in total. The summed E-state index contributed by atoms with van der Waals surface area (Å²) in [5.74, 6) is -0.505. The molecular weight excluding hydrogens is 524 g/mol. The first-order valence-corrected chi connectivity index (χ1v) is 13.8. The minimum atomic E-state index is -4.97. The van der Waals surface area contributed by atoms with Crippen molar-refractivity contribution >= 4 is 52.5 Å². The van der Waals surface area contributed by atoms with Crippen LogP contribution in [0.4, 0.5) is 0 Å². The SMILES string of the molecule is O=S(=O)(O)Oc1cccc2c(Cc3cccc4c(S(=O)(=O)O)ccc(OS(=O)(=O)O)c34)cccc12. The minimum Gasteiger partial charge on any atom is -0.361 e. The fraction of sp³-hybridized carbons (Fsp3) is 0.0476. The quantitative estimate of drug-likeness (QED) is 0.293. The zero-order valence-corrected chi connectivity index (χ0v) is 19.8. The van der Waals surface area contributed by atoms with Crippen molar-refractivity contribution < 1.29 is 47.3 Å². The van der Waals surface area contributed by atoms with Gasteiger partial charge in [-0.05, 0) is 41.1 Å². The van der Waals surface area contributed by atoms with Crippen molar-refractivity contribution in [2.45, 2.75) is 11.3 Å². The maximum atomic E-state index is 11.9. The maximum Gasteiger partial charge on any atom is 0.446 e. The van der Waals surface area contributed by atoms with Gasteiger partial charge in [0.25, 0.3) is 10.1 Å². The van der Waals surface area contributed by atoms with E-state index in [9.17, 15) is 34.4 Å². The topological polar surface area (TPSA) is 182 Å². The monoisotopic (exact) mass is 540 g/mol. The molecule has 4 aromatic carbocycles. The van der Waals surface area contributed by atoms with E-state index in [-0.39, 0.29) is 28.7 Å². The predicted molar refractivity (Wildman–Crippen MR) is 125 cm³/mol. The lowest BCUT2D eigenvalue weighted by Crippen LogP contribution is -2.09. The molecule has 4 rings (SSSR count). The van der Waals surface area contributed by atoms with Crippen molar-refractivity contribution in [2.75, 3.05) is 0 Å². The zero-order valence-electron chi connectivity index (χ0n) is 17.4. The van der Waals surface area contributed by atoms with E-state index in [4.69, 9.17) is 4.55 Å². The normalized spacial score (nSPS) is 12.7. The van der Waals surface area contributed by atoms with Crippen molar-refractivity contribution in [3.05, 3.63) is 77.9 Å². The maximum absolute atomic E-state index is 11.9. The van der Waals surface area contributed by atoms with Crippen molar-refractivity contribution in [2.24, 2.45) is 0 Å². The van der Waals surface area contributed by atoms with Crippen LogP contribution in [0.15, 0.2) is 71.6 Å². The van der Waals surface area contributed by atoms with E-state index in [2.05, 4.69) is 8.37 Å². The van der Waals surface area contributed by atoms with E-state index in [1.54, 1.807) is 30.3 Å². The molecule has 0 saturated heterocycles. The van der Waals surface area contributed by atoms with Gasteiger partial charge >= 0.3 is 20.8 Å². The first-order chi connectivity index (χ1) is 16.2. The summed E-state index contributed by atoms with van der Waals surface area (Å²) in [6.45, 7) is 0. The molecule has 4 aromatic rings. The van der Waals surface area contributed by atoms with E-state index >= 15 is 0 Å². The summed E-state index contributed by atoms with van der Waals surface area (Å²) in [5, 5.41) is 0.814.